The second kappa shape index (κ2) is 8.95. The second-order valence-electron chi connectivity index (χ2n) is 7.47. The maximum atomic E-state index is 11.3. The van der Waals surface area contributed by atoms with Crippen LogP contribution in [0.15, 0.2) is 30.3 Å². The lowest BCUT2D eigenvalue weighted by atomic mass is 9.98. The highest BCUT2D eigenvalue weighted by molar-refractivity contribution is 5.74. The Balaban J connectivity index is 1.65. The minimum absolute atomic E-state index is 0.164. The number of amides is 1. The first-order valence-electron chi connectivity index (χ1n) is 9.44. The Morgan fingerprint density at radius 3 is 2.77 bits per heavy atom. The van der Waals surface area contributed by atoms with Crippen LogP contribution in [0.2, 0.25) is 0 Å². The lowest BCUT2D eigenvalue weighted by Gasteiger charge is -2.32. The number of aliphatic hydroxyl groups is 1. The SMILES string of the molecule is NC(=O)CC1CC(COC2CCCCO2)(OCc2ccccc2)CC1O. The fourth-order valence-electron chi connectivity index (χ4n) is 3.89. The van der Waals surface area contributed by atoms with E-state index in [2.05, 4.69) is 0 Å². The molecule has 1 amide bonds. The van der Waals surface area contributed by atoms with Crippen LogP contribution in [0.3, 0.4) is 0 Å². The number of primary amides is 1. The van der Waals surface area contributed by atoms with Crippen molar-refractivity contribution in [1.29, 1.82) is 0 Å². The number of rotatable bonds is 8. The molecule has 1 aliphatic heterocycles. The highest BCUT2D eigenvalue weighted by Crippen LogP contribution is 2.40. The molecule has 1 aromatic rings. The molecule has 26 heavy (non-hydrogen) atoms. The van der Waals surface area contributed by atoms with E-state index >= 15 is 0 Å². The summed E-state index contributed by atoms with van der Waals surface area (Å²) in [6, 6.07) is 9.91. The van der Waals surface area contributed by atoms with Crippen molar-refractivity contribution in [2.24, 2.45) is 11.7 Å². The van der Waals surface area contributed by atoms with Gasteiger partial charge >= 0.3 is 0 Å². The van der Waals surface area contributed by atoms with Crippen molar-refractivity contribution in [2.45, 2.75) is 63.1 Å². The monoisotopic (exact) mass is 363 g/mol. The molecule has 1 saturated heterocycles. The molecule has 144 valence electrons. The van der Waals surface area contributed by atoms with Crippen molar-refractivity contribution in [2.75, 3.05) is 13.2 Å². The van der Waals surface area contributed by atoms with Gasteiger partial charge in [-0.05, 0) is 37.2 Å². The van der Waals surface area contributed by atoms with Crippen LogP contribution in [-0.4, -0.2) is 42.2 Å². The second-order valence-corrected chi connectivity index (χ2v) is 7.47. The zero-order chi connectivity index (χ0) is 18.4. The quantitative estimate of drug-likeness (QED) is 0.738. The lowest BCUT2D eigenvalue weighted by Crippen LogP contribution is -2.38. The standard InChI is InChI=1S/C20H29NO5/c21-18(23)10-16-11-20(12-17(16)22,14-25-19-8-4-5-9-24-19)26-13-15-6-2-1-3-7-15/h1-3,6-7,16-17,19,22H,4-5,8-14H2,(H2,21,23). The van der Waals surface area contributed by atoms with E-state index in [-0.39, 0.29) is 18.6 Å². The molecule has 0 radical (unpaired) electrons. The summed E-state index contributed by atoms with van der Waals surface area (Å²) in [7, 11) is 0. The van der Waals surface area contributed by atoms with Crippen LogP contribution in [0, 0.1) is 5.92 Å². The minimum Gasteiger partial charge on any atom is -0.393 e. The highest BCUT2D eigenvalue weighted by atomic mass is 16.7. The molecular formula is C20H29NO5. The summed E-state index contributed by atoms with van der Waals surface area (Å²) in [5.74, 6) is -0.594. The van der Waals surface area contributed by atoms with E-state index in [0.717, 1.165) is 31.4 Å². The van der Waals surface area contributed by atoms with Crippen LogP contribution >= 0.6 is 0 Å². The van der Waals surface area contributed by atoms with Crippen molar-refractivity contribution in [3.63, 3.8) is 0 Å². The Morgan fingerprint density at radius 1 is 1.27 bits per heavy atom. The van der Waals surface area contributed by atoms with E-state index in [4.69, 9.17) is 19.9 Å². The van der Waals surface area contributed by atoms with Crippen LogP contribution in [0.4, 0.5) is 0 Å². The fourth-order valence-corrected chi connectivity index (χ4v) is 3.89. The Hall–Kier alpha value is -1.47. The number of nitrogens with two attached hydrogens (primary N) is 1. The molecule has 1 heterocycles. The van der Waals surface area contributed by atoms with E-state index < -0.39 is 17.6 Å². The van der Waals surface area contributed by atoms with Gasteiger partial charge in [0.25, 0.3) is 0 Å². The third-order valence-electron chi connectivity index (χ3n) is 5.28. The van der Waals surface area contributed by atoms with E-state index in [9.17, 15) is 9.90 Å². The molecule has 6 heteroatoms. The number of hydrogen-bond acceptors (Lipinski definition) is 5. The maximum absolute atomic E-state index is 11.3. The molecule has 6 nitrogen and oxygen atoms in total. The third-order valence-corrected chi connectivity index (χ3v) is 5.28. The Labute approximate surface area is 154 Å². The van der Waals surface area contributed by atoms with Gasteiger partial charge < -0.3 is 25.1 Å². The van der Waals surface area contributed by atoms with Gasteiger partial charge in [0.1, 0.15) is 0 Å². The molecule has 4 unspecified atom stereocenters. The van der Waals surface area contributed by atoms with Gasteiger partial charge in [-0.25, -0.2) is 0 Å². The van der Waals surface area contributed by atoms with Gasteiger partial charge in [-0.1, -0.05) is 30.3 Å². The summed E-state index contributed by atoms with van der Waals surface area (Å²) >= 11 is 0. The lowest BCUT2D eigenvalue weighted by molar-refractivity contribution is -0.203. The van der Waals surface area contributed by atoms with Gasteiger partial charge in [0.2, 0.25) is 5.91 Å². The molecule has 1 aromatic carbocycles. The molecule has 3 rings (SSSR count). The number of carbonyl (C=O) groups is 1. The predicted octanol–water partition coefficient (Wildman–Crippen LogP) is 2.13. The van der Waals surface area contributed by atoms with Gasteiger partial charge in [-0.3, -0.25) is 4.79 Å². The molecular weight excluding hydrogens is 334 g/mol. The molecule has 4 atom stereocenters. The van der Waals surface area contributed by atoms with Gasteiger partial charge in [0.15, 0.2) is 6.29 Å². The zero-order valence-electron chi connectivity index (χ0n) is 15.1. The molecule has 0 spiro atoms. The summed E-state index contributed by atoms with van der Waals surface area (Å²) in [6.45, 7) is 1.50. The fraction of sp³-hybridized carbons (Fsp3) is 0.650. The van der Waals surface area contributed by atoms with E-state index in [1.165, 1.54) is 0 Å². The number of benzene rings is 1. The van der Waals surface area contributed by atoms with Crippen LogP contribution in [0.25, 0.3) is 0 Å². The molecule has 2 fully saturated rings. The molecule has 0 aromatic heterocycles. The van der Waals surface area contributed by atoms with Gasteiger partial charge in [-0.15, -0.1) is 0 Å². The van der Waals surface area contributed by atoms with Crippen molar-refractivity contribution in [3.05, 3.63) is 35.9 Å². The Kier molecular flexibility index (Phi) is 6.64. The summed E-state index contributed by atoms with van der Waals surface area (Å²) < 4.78 is 17.9. The van der Waals surface area contributed by atoms with E-state index in [1.807, 2.05) is 30.3 Å². The first-order valence-corrected chi connectivity index (χ1v) is 9.44. The summed E-state index contributed by atoms with van der Waals surface area (Å²) in [5, 5.41) is 10.4. The number of aliphatic hydroxyl groups excluding tert-OH is 1. The number of hydrogen-bond donors (Lipinski definition) is 2. The van der Waals surface area contributed by atoms with Gasteiger partial charge in [0, 0.05) is 19.4 Å². The first-order chi connectivity index (χ1) is 12.6. The summed E-state index contributed by atoms with van der Waals surface area (Å²) in [5.41, 5.74) is 5.77. The topological polar surface area (TPSA) is 91.0 Å². The Bertz CT molecular complexity index is 575. The number of ether oxygens (including phenoxy) is 3. The van der Waals surface area contributed by atoms with Gasteiger partial charge in [0.05, 0.1) is 24.9 Å². The minimum atomic E-state index is -0.629. The van der Waals surface area contributed by atoms with Crippen LogP contribution < -0.4 is 5.73 Å². The maximum Gasteiger partial charge on any atom is 0.217 e. The van der Waals surface area contributed by atoms with Crippen LogP contribution in [0.5, 0.6) is 0 Å². The average Bonchev–Trinajstić information content (AvgIpc) is 2.96. The summed E-state index contributed by atoms with van der Waals surface area (Å²) in [6.07, 6.45) is 3.35. The van der Waals surface area contributed by atoms with Crippen LogP contribution in [0.1, 0.15) is 44.1 Å². The molecule has 1 saturated carbocycles. The smallest absolute Gasteiger partial charge is 0.217 e. The van der Waals surface area contributed by atoms with E-state index in [1.54, 1.807) is 0 Å². The molecule has 3 N–H and O–H groups in total. The molecule has 2 aliphatic rings. The summed E-state index contributed by atoms with van der Waals surface area (Å²) in [4.78, 5) is 11.3. The normalized spacial score (nSPS) is 31.8. The number of carbonyl (C=O) groups excluding carboxylic acids is 1. The third kappa shape index (κ3) is 5.27. The van der Waals surface area contributed by atoms with Crippen molar-refractivity contribution in [3.8, 4) is 0 Å². The zero-order valence-corrected chi connectivity index (χ0v) is 15.1. The first kappa shape index (κ1) is 19.3. The predicted molar refractivity (Wildman–Crippen MR) is 96.0 cm³/mol. The average molecular weight is 363 g/mol. The van der Waals surface area contributed by atoms with Crippen molar-refractivity contribution >= 4 is 5.91 Å². The molecule has 1 aliphatic carbocycles. The van der Waals surface area contributed by atoms with Crippen molar-refractivity contribution in [1.82, 2.24) is 0 Å². The van der Waals surface area contributed by atoms with Crippen molar-refractivity contribution < 1.29 is 24.1 Å². The Morgan fingerprint density at radius 2 is 2.08 bits per heavy atom. The molecule has 0 bridgehead atoms. The highest BCUT2D eigenvalue weighted by Gasteiger charge is 2.46. The van der Waals surface area contributed by atoms with Crippen LogP contribution in [-0.2, 0) is 25.6 Å². The van der Waals surface area contributed by atoms with Gasteiger partial charge in [-0.2, -0.15) is 0 Å². The van der Waals surface area contributed by atoms with E-state index in [0.29, 0.717) is 26.1 Å². The largest absolute Gasteiger partial charge is 0.393 e.